The fourth-order valence-electron chi connectivity index (χ4n) is 14.9. The first-order valence-electron chi connectivity index (χ1n) is 32.2. The molecular formula is C88H57N3O3. The molecule has 0 radical (unpaired) electrons. The number of hydrogen-bond acceptors (Lipinski definition) is 6. The van der Waals surface area contributed by atoms with Crippen LogP contribution in [0.4, 0.5) is 34.1 Å². The Hall–Kier alpha value is -12.4. The summed E-state index contributed by atoms with van der Waals surface area (Å²) in [6.45, 7) is 1.33. The Morgan fingerprint density at radius 2 is 0.894 bits per heavy atom. The lowest BCUT2D eigenvalue weighted by Crippen LogP contribution is -2.22. The highest BCUT2D eigenvalue weighted by atomic mass is 16.3. The van der Waals surface area contributed by atoms with E-state index in [2.05, 4.69) is 324 Å². The van der Waals surface area contributed by atoms with Crippen molar-refractivity contribution in [2.75, 3.05) is 27.8 Å². The monoisotopic (exact) mass is 1200 g/mol. The number of benzene rings is 14. The van der Waals surface area contributed by atoms with E-state index in [1.54, 1.807) is 0 Å². The smallest absolute Gasteiger partial charge is 0.146 e. The van der Waals surface area contributed by atoms with Gasteiger partial charge in [0.1, 0.15) is 33.5 Å². The summed E-state index contributed by atoms with van der Waals surface area (Å²) >= 11 is 0. The maximum Gasteiger partial charge on any atom is 0.146 e. The largest absolute Gasteiger partial charge is 0.456 e. The fraction of sp³-hybridized carbons (Fsp3) is 0.0227. The van der Waals surface area contributed by atoms with Crippen LogP contribution in [0.3, 0.4) is 0 Å². The summed E-state index contributed by atoms with van der Waals surface area (Å²) in [4.78, 5) is 7.25. The molecule has 5 heterocycles. The van der Waals surface area contributed by atoms with Crippen molar-refractivity contribution in [3.63, 3.8) is 0 Å². The van der Waals surface area contributed by atoms with Crippen LogP contribution in [0, 0.1) is 0 Å². The Morgan fingerprint density at radius 3 is 1.67 bits per heavy atom. The van der Waals surface area contributed by atoms with Gasteiger partial charge in [-0.15, -0.1) is 0 Å². The second kappa shape index (κ2) is 21.7. The first-order valence-corrected chi connectivity index (χ1v) is 32.2. The molecule has 0 spiro atoms. The van der Waals surface area contributed by atoms with Crippen LogP contribution in [0.25, 0.3) is 137 Å². The number of rotatable bonds is 10. The first kappa shape index (κ1) is 53.5. The van der Waals surface area contributed by atoms with Crippen molar-refractivity contribution in [2.24, 2.45) is 0 Å². The SMILES string of the molecule is C1=CCN(c2cc3c(-c4cccc(-c5ccccc5)c4)cc4oc5cc(N(c6cccc(-c7ccccc7)c6)c6ccc7oc8ccccc8c7c6)ccc5c4c3c3c2cc(N2CC=C(c4ccccc4)c4ccccc42)c2c4cc(-c5ccccc5)ccc4oc23)C=C1. The predicted molar refractivity (Wildman–Crippen MR) is 392 cm³/mol. The van der Waals surface area contributed by atoms with Crippen LogP contribution in [0.15, 0.2) is 335 Å². The Kier molecular flexibility index (Phi) is 12.3. The van der Waals surface area contributed by atoms with Gasteiger partial charge in [-0.1, -0.05) is 212 Å². The van der Waals surface area contributed by atoms with E-state index in [9.17, 15) is 0 Å². The van der Waals surface area contributed by atoms with Gasteiger partial charge in [-0.2, -0.15) is 0 Å². The highest BCUT2D eigenvalue weighted by molar-refractivity contribution is 6.38. The average molecular weight is 1200 g/mol. The van der Waals surface area contributed by atoms with Crippen molar-refractivity contribution in [3.8, 4) is 44.5 Å². The lowest BCUT2D eigenvalue weighted by atomic mass is 9.88. The minimum atomic E-state index is 0.642. The Bertz CT molecular complexity index is 6000. The Labute approximate surface area is 542 Å². The van der Waals surface area contributed by atoms with Crippen LogP contribution in [0.1, 0.15) is 11.1 Å². The molecule has 0 fully saturated rings. The zero-order valence-electron chi connectivity index (χ0n) is 51.1. The summed E-state index contributed by atoms with van der Waals surface area (Å²) in [5.74, 6) is 0. The number of fused-ring (bicyclic) bond motifs is 15. The number of furan rings is 3. The van der Waals surface area contributed by atoms with Crippen LogP contribution >= 0.6 is 0 Å². The second-order valence-corrected chi connectivity index (χ2v) is 24.6. The van der Waals surface area contributed by atoms with E-state index < -0.39 is 0 Å². The van der Waals surface area contributed by atoms with Gasteiger partial charge in [0, 0.05) is 102 Å². The Morgan fingerprint density at radius 1 is 0.287 bits per heavy atom. The second-order valence-electron chi connectivity index (χ2n) is 24.6. The summed E-state index contributed by atoms with van der Waals surface area (Å²) in [5.41, 5.74) is 23.7. The van der Waals surface area contributed by atoms with E-state index in [-0.39, 0.29) is 0 Å². The highest BCUT2D eigenvalue weighted by Gasteiger charge is 2.30. The molecule has 94 heavy (non-hydrogen) atoms. The molecule has 0 saturated heterocycles. The Balaban J connectivity index is 0.924. The molecule has 0 N–H and O–H groups in total. The lowest BCUT2D eigenvalue weighted by Gasteiger charge is -2.32. The molecule has 442 valence electrons. The zero-order valence-corrected chi connectivity index (χ0v) is 51.1. The molecule has 0 saturated carbocycles. The summed E-state index contributed by atoms with van der Waals surface area (Å²) in [5, 5.41) is 10.5. The molecule has 19 rings (SSSR count). The van der Waals surface area contributed by atoms with Crippen molar-refractivity contribution in [3.05, 3.63) is 333 Å². The summed E-state index contributed by atoms with van der Waals surface area (Å²) in [6, 6.07) is 105. The quantitative estimate of drug-likeness (QED) is 0.127. The molecular weight excluding hydrogens is 1150 g/mol. The summed E-state index contributed by atoms with van der Waals surface area (Å²) in [6.07, 6.45) is 11.1. The predicted octanol–water partition coefficient (Wildman–Crippen LogP) is 24.3. The van der Waals surface area contributed by atoms with Crippen LogP contribution < -0.4 is 14.7 Å². The summed E-state index contributed by atoms with van der Waals surface area (Å²) in [7, 11) is 0. The van der Waals surface area contributed by atoms with Crippen LogP contribution in [-0.2, 0) is 0 Å². The topological polar surface area (TPSA) is 49.1 Å². The molecule has 6 nitrogen and oxygen atoms in total. The molecule has 0 bridgehead atoms. The van der Waals surface area contributed by atoms with Crippen molar-refractivity contribution >= 4 is 127 Å². The van der Waals surface area contributed by atoms with E-state index in [1.807, 2.05) is 12.1 Å². The number of hydrogen-bond donors (Lipinski definition) is 0. The maximum absolute atomic E-state index is 7.68. The van der Waals surface area contributed by atoms with Crippen molar-refractivity contribution < 1.29 is 13.3 Å². The van der Waals surface area contributed by atoms with Crippen molar-refractivity contribution in [1.29, 1.82) is 0 Å². The third kappa shape index (κ3) is 8.72. The number of para-hydroxylation sites is 2. The maximum atomic E-state index is 7.68. The minimum Gasteiger partial charge on any atom is -0.456 e. The van der Waals surface area contributed by atoms with Crippen molar-refractivity contribution in [2.45, 2.75) is 0 Å². The van der Waals surface area contributed by atoms with E-state index in [4.69, 9.17) is 13.3 Å². The lowest BCUT2D eigenvalue weighted by molar-refractivity contribution is 0.668. The van der Waals surface area contributed by atoms with Crippen molar-refractivity contribution in [1.82, 2.24) is 0 Å². The van der Waals surface area contributed by atoms with E-state index in [1.165, 1.54) is 16.7 Å². The first-order chi connectivity index (χ1) is 46.6. The molecule has 3 aromatic heterocycles. The van der Waals surface area contributed by atoms with Gasteiger partial charge in [0.25, 0.3) is 0 Å². The fourth-order valence-corrected chi connectivity index (χ4v) is 14.9. The van der Waals surface area contributed by atoms with E-state index >= 15 is 0 Å². The van der Waals surface area contributed by atoms with Crippen LogP contribution in [0.2, 0.25) is 0 Å². The molecule has 0 atom stereocenters. The van der Waals surface area contributed by atoms with E-state index in [0.29, 0.717) is 13.1 Å². The van der Waals surface area contributed by atoms with Gasteiger partial charge >= 0.3 is 0 Å². The highest BCUT2D eigenvalue weighted by Crippen LogP contribution is 2.54. The normalized spacial score (nSPS) is 13.2. The molecule has 17 aromatic rings. The number of nitrogens with zero attached hydrogens (tertiary/aromatic N) is 3. The van der Waals surface area contributed by atoms with Gasteiger partial charge in [0.2, 0.25) is 0 Å². The van der Waals surface area contributed by atoms with Gasteiger partial charge < -0.3 is 28.0 Å². The number of anilines is 6. The number of allylic oxidation sites excluding steroid dienone is 2. The van der Waals surface area contributed by atoms with E-state index in [0.717, 1.165) is 166 Å². The van der Waals surface area contributed by atoms with Gasteiger partial charge in [0.15, 0.2) is 0 Å². The minimum absolute atomic E-state index is 0.642. The molecule has 2 aliphatic heterocycles. The molecule has 0 amide bonds. The van der Waals surface area contributed by atoms with Gasteiger partial charge in [-0.3, -0.25) is 0 Å². The molecule has 14 aromatic carbocycles. The average Bonchev–Trinajstić information content (AvgIpc) is 1.45. The van der Waals surface area contributed by atoms with Gasteiger partial charge in [-0.05, 0) is 158 Å². The summed E-state index contributed by atoms with van der Waals surface area (Å²) < 4.78 is 21.6. The standard InChI is InChI=1S/C88H57N3O3/c1-6-22-56(23-7-1)60-30-20-32-63(48-60)71-55-83-85(70-41-39-66(52-82(70)93-83)91(64-33-21-31-61(49-64)57-24-8-2-9-25-57)65-40-43-80-72(51-65)69-35-15-17-37-79(69)92-80)86-73(71)53-77(89-45-18-5-19-46-89)74-54-78(90-47-44-67(59-28-12-4-13-29-59)68-34-14-16-36-76(68)90)84-75-50-62(58-26-10-3-11-27-58)38-42-81(75)94-88(84)87(74)86/h1-45,48-55H,46-47H2. The zero-order chi connectivity index (χ0) is 61.8. The molecule has 0 unspecified atom stereocenters. The molecule has 0 aliphatic carbocycles. The third-order valence-corrected chi connectivity index (χ3v) is 19.3. The van der Waals surface area contributed by atoms with Gasteiger partial charge in [0.05, 0.1) is 11.1 Å². The molecule has 2 aliphatic rings. The van der Waals surface area contributed by atoms with Gasteiger partial charge in [-0.25, -0.2) is 0 Å². The van der Waals surface area contributed by atoms with Crippen LogP contribution in [0.5, 0.6) is 0 Å². The third-order valence-electron chi connectivity index (χ3n) is 19.3. The van der Waals surface area contributed by atoms with Crippen LogP contribution in [-0.4, -0.2) is 13.1 Å². The molecule has 6 heteroatoms.